The lowest BCUT2D eigenvalue weighted by atomic mass is 9.87. The zero-order valence-electron chi connectivity index (χ0n) is 19.5. The predicted octanol–water partition coefficient (Wildman–Crippen LogP) is 5.18. The number of carbonyl (C=O) groups is 1. The fourth-order valence-corrected chi connectivity index (χ4v) is 3.91. The van der Waals surface area contributed by atoms with Crippen LogP contribution >= 0.6 is 0 Å². The molecular weight excluding hydrogens is 479 g/mol. The quantitative estimate of drug-likeness (QED) is 0.318. The number of ether oxygens (including phenoxy) is 1. The van der Waals surface area contributed by atoms with Gasteiger partial charge in [0.15, 0.2) is 5.82 Å². The number of aromatic nitrogens is 4. The largest absolute Gasteiger partial charge is 0.474 e. The number of carbonyl (C=O) groups excluding carboxylic acids is 1. The first-order valence-corrected chi connectivity index (χ1v) is 11.3. The molecule has 4 rings (SSSR count). The van der Waals surface area contributed by atoms with Gasteiger partial charge in [0, 0.05) is 29.0 Å². The van der Waals surface area contributed by atoms with E-state index >= 15 is 0 Å². The summed E-state index contributed by atoms with van der Waals surface area (Å²) in [5.41, 5.74) is -0.445. The van der Waals surface area contributed by atoms with E-state index in [0.29, 0.717) is 30.6 Å². The molecule has 0 bridgehead atoms. The molecule has 1 amide bonds. The van der Waals surface area contributed by atoms with Crippen LogP contribution in [0.15, 0.2) is 29.0 Å². The maximum absolute atomic E-state index is 14.5. The van der Waals surface area contributed by atoms with Gasteiger partial charge in [-0.25, -0.2) is 14.4 Å². The summed E-state index contributed by atoms with van der Waals surface area (Å²) in [5, 5.41) is 12.9. The standard InChI is InChI=1S/C23H24F3N7O3/c1-12(2)19-31-21(36-32-19)13-3-6-15(7-4-13)35-22-16(10-27)20(28-11-29-22)30-18-8-5-14(9-17(18)24)23(34)33(25)26/h5,8-13,15,27H,3-4,6-7H2,1-2H3,(H,28,29,30). The molecule has 0 spiro atoms. The van der Waals surface area contributed by atoms with Crippen LogP contribution in [0.5, 0.6) is 5.88 Å². The Labute approximate surface area is 204 Å². The summed E-state index contributed by atoms with van der Waals surface area (Å²) >= 11 is 0. The van der Waals surface area contributed by atoms with E-state index in [0.717, 1.165) is 31.2 Å². The van der Waals surface area contributed by atoms with Gasteiger partial charge < -0.3 is 20.0 Å². The molecule has 0 saturated heterocycles. The Bertz CT molecular complexity index is 1240. The molecule has 3 aromatic rings. The highest BCUT2D eigenvalue weighted by Gasteiger charge is 2.29. The van der Waals surface area contributed by atoms with E-state index in [9.17, 15) is 18.1 Å². The Kier molecular flexibility index (Phi) is 7.46. The fourth-order valence-electron chi connectivity index (χ4n) is 3.91. The number of amides is 1. The van der Waals surface area contributed by atoms with E-state index in [4.69, 9.17) is 14.7 Å². The van der Waals surface area contributed by atoms with Crippen molar-refractivity contribution in [3.8, 4) is 5.88 Å². The third kappa shape index (κ3) is 5.44. The van der Waals surface area contributed by atoms with Crippen molar-refractivity contribution in [2.24, 2.45) is 0 Å². The average Bonchev–Trinajstić information content (AvgIpc) is 3.36. The van der Waals surface area contributed by atoms with Crippen LogP contribution in [0.1, 0.15) is 79.0 Å². The highest BCUT2D eigenvalue weighted by Crippen LogP contribution is 2.35. The van der Waals surface area contributed by atoms with Gasteiger partial charge in [-0.15, -0.1) is 0 Å². The zero-order chi connectivity index (χ0) is 25.8. The van der Waals surface area contributed by atoms with Gasteiger partial charge in [-0.2, -0.15) is 4.98 Å². The van der Waals surface area contributed by atoms with E-state index in [2.05, 4.69) is 25.4 Å². The molecule has 0 aliphatic heterocycles. The first kappa shape index (κ1) is 25.1. The summed E-state index contributed by atoms with van der Waals surface area (Å²) < 4.78 is 50.8. The topological polar surface area (TPSA) is 130 Å². The van der Waals surface area contributed by atoms with Crippen LogP contribution in [0.2, 0.25) is 0 Å². The molecule has 190 valence electrons. The number of nitrogens with one attached hydrogen (secondary N) is 2. The lowest BCUT2D eigenvalue weighted by molar-refractivity contribution is -0.108. The van der Waals surface area contributed by atoms with Gasteiger partial charge in [-0.05, 0) is 43.9 Å². The second-order valence-corrected chi connectivity index (χ2v) is 8.68. The molecule has 2 N–H and O–H groups in total. The Morgan fingerprint density at radius 2 is 2.00 bits per heavy atom. The van der Waals surface area contributed by atoms with E-state index in [1.54, 1.807) is 0 Å². The van der Waals surface area contributed by atoms with Crippen molar-refractivity contribution in [1.82, 2.24) is 25.5 Å². The number of nitrogens with zero attached hydrogens (tertiary/aromatic N) is 5. The first-order chi connectivity index (χ1) is 17.3. The minimum atomic E-state index is -1.63. The second kappa shape index (κ2) is 10.7. The molecule has 36 heavy (non-hydrogen) atoms. The van der Waals surface area contributed by atoms with Gasteiger partial charge in [0.1, 0.15) is 24.1 Å². The van der Waals surface area contributed by atoms with Crippen LogP contribution in [-0.2, 0) is 0 Å². The second-order valence-electron chi connectivity index (χ2n) is 8.68. The highest BCUT2D eigenvalue weighted by molar-refractivity contribution is 5.93. The van der Waals surface area contributed by atoms with E-state index in [-0.39, 0.29) is 40.9 Å². The van der Waals surface area contributed by atoms with Gasteiger partial charge in [-0.3, -0.25) is 4.79 Å². The maximum atomic E-state index is 14.5. The molecule has 2 aromatic heterocycles. The van der Waals surface area contributed by atoms with Crippen LogP contribution < -0.4 is 10.1 Å². The van der Waals surface area contributed by atoms with Crippen molar-refractivity contribution in [2.45, 2.75) is 57.5 Å². The summed E-state index contributed by atoms with van der Waals surface area (Å²) in [6.07, 6.45) is 5.01. The zero-order valence-corrected chi connectivity index (χ0v) is 19.5. The molecule has 0 radical (unpaired) electrons. The summed E-state index contributed by atoms with van der Waals surface area (Å²) in [6.45, 7) is 4.00. The average molecular weight is 503 g/mol. The Balaban J connectivity index is 1.43. The van der Waals surface area contributed by atoms with Crippen LogP contribution in [-0.4, -0.2) is 43.7 Å². The molecule has 10 nitrogen and oxygen atoms in total. The fraction of sp³-hybridized carbons (Fsp3) is 0.391. The van der Waals surface area contributed by atoms with Crippen molar-refractivity contribution in [3.63, 3.8) is 0 Å². The summed E-state index contributed by atoms with van der Waals surface area (Å²) in [4.78, 5) is 24.0. The number of hydrogen-bond donors (Lipinski definition) is 2. The number of anilines is 2. The van der Waals surface area contributed by atoms with Crippen LogP contribution in [0.4, 0.5) is 24.9 Å². The molecule has 1 fully saturated rings. The monoisotopic (exact) mass is 503 g/mol. The molecule has 1 aliphatic carbocycles. The smallest absolute Gasteiger partial charge is 0.314 e. The van der Waals surface area contributed by atoms with Gasteiger partial charge in [0.05, 0.1) is 11.3 Å². The SMILES string of the molecule is CC(C)c1noc(C2CCC(Oc3ncnc(Nc4ccc(C(=O)N(F)F)cc4F)c3C=N)CC2)n1. The lowest BCUT2D eigenvalue weighted by Gasteiger charge is -2.27. The van der Waals surface area contributed by atoms with Crippen molar-refractivity contribution in [3.05, 3.63) is 53.2 Å². The molecule has 1 saturated carbocycles. The summed E-state index contributed by atoms with van der Waals surface area (Å²) in [5.74, 6) is -0.681. The van der Waals surface area contributed by atoms with Gasteiger partial charge in [-0.1, -0.05) is 28.0 Å². The van der Waals surface area contributed by atoms with Crippen LogP contribution in [0.3, 0.4) is 0 Å². The molecule has 1 aromatic carbocycles. The minimum absolute atomic E-state index is 0.0892. The Morgan fingerprint density at radius 1 is 1.25 bits per heavy atom. The minimum Gasteiger partial charge on any atom is -0.474 e. The van der Waals surface area contributed by atoms with Gasteiger partial charge in [0.25, 0.3) is 0 Å². The number of rotatable bonds is 8. The number of benzene rings is 1. The molecule has 13 heteroatoms. The molecule has 0 unspecified atom stereocenters. The summed E-state index contributed by atoms with van der Waals surface area (Å²) in [7, 11) is 0. The maximum Gasteiger partial charge on any atom is 0.314 e. The molecule has 2 heterocycles. The third-order valence-electron chi connectivity index (χ3n) is 5.89. The van der Waals surface area contributed by atoms with Gasteiger partial charge in [0.2, 0.25) is 11.8 Å². The van der Waals surface area contributed by atoms with Crippen LogP contribution in [0.25, 0.3) is 0 Å². The van der Waals surface area contributed by atoms with Crippen molar-refractivity contribution in [1.29, 1.82) is 5.41 Å². The third-order valence-corrected chi connectivity index (χ3v) is 5.89. The van der Waals surface area contributed by atoms with Crippen LogP contribution in [0, 0.1) is 11.2 Å². The summed E-state index contributed by atoms with van der Waals surface area (Å²) in [6, 6.07) is 2.87. The number of hydrogen-bond acceptors (Lipinski definition) is 9. The van der Waals surface area contributed by atoms with E-state index in [1.807, 2.05) is 13.8 Å². The Hall–Kier alpha value is -4.03. The molecular formula is C23H24F3N7O3. The number of halogens is 3. The van der Waals surface area contributed by atoms with E-state index < -0.39 is 22.6 Å². The van der Waals surface area contributed by atoms with Crippen molar-refractivity contribution in [2.75, 3.05) is 5.32 Å². The highest BCUT2D eigenvalue weighted by atomic mass is 19.4. The van der Waals surface area contributed by atoms with Crippen molar-refractivity contribution < 1.29 is 27.4 Å². The Morgan fingerprint density at radius 3 is 2.61 bits per heavy atom. The predicted molar refractivity (Wildman–Crippen MR) is 122 cm³/mol. The molecule has 1 aliphatic rings. The lowest BCUT2D eigenvalue weighted by Crippen LogP contribution is -2.24. The van der Waals surface area contributed by atoms with Crippen molar-refractivity contribution >= 4 is 23.6 Å². The normalized spacial score (nSPS) is 17.6. The first-order valence-electron chi connectivity index (χ1n) is 11.3. The van der Waals surface area contributed by atoms with E-state index in [1.165, 1.54) is 6.33 Å². The van der Waals surface area contributed by atoms with Gasteiger partial charge >= 0.3 is 5.91 Å². The molecule has 0 atom stereocenters.